The van der Waals surface area contributed by atoms with Gasteiger partial charge in [-0.25, -0.2) is 10.2 Å². The van der Waals surface area contributed by atoms with Crippen molar-refractivity contribution in [3.05, 3.63) is 87.4 Å². The fourth-order valence-electron chi connectivity index (χ4n) is 2.93. The molecule has 0 saturated carbocycles. The van der Waals surface area contributed by atoms with E-state index in [0.717, 1.165) is 26.9 Å². The number of aryl methyl sites for hydroxylation is 2. The van der Waals surface area contributed by atoms with Crippen LogP contribution in [0.1, 0.15) is 29.2 Å². The minimum Gasteiger partial charge on any atom is -0.490 e. The Morgan fingerprint density at radius 1 is 1.06 bits per heavy atom. The summed E-state index contributed by atoms with van der Waals surface area (Å²) in [5.41, 5.74) is 7.20. The van der Waals surface area contributed by atoms with Crippen molar-refractivity contribution >= 4 is 33.9 Å². The number of benzene rings is 3. The summed E-state index contributed by atoms with van der Waals surface area (Å²) in [7, 11) is 0. The molecule has 32 heavy (non-hydrogen) atoms. The number of hydrazone groups is 1. The van der Waals surface area contributed by atoms with Crippen LogP contribution in [0.15, 0.2) is 70.2 Å². The van der Waals surface area contributed by atoms with Gasteiger partial charge in [-0.1, -0.05) is 48.0 Å². The van der Waals surface area contributed by atoms with Crippen LogP contribution in [0.25, 0.3) is 0 Å². The summed E-state index contributed by atoms with van der Waals surface area (Å²) < 4.78 is 12.5. The zero-order valence-corrected chi connectivity index (χ0v) is 19.9. The maximum Gasteiger partial charge on any atom is 0.339 e. The summed E-state index contributed by atoms with van der Waals surface area (Å²) in [6.07, 6.45) is 1.55. The van der Waals surface area contributed by atoms with Gasteiger partial charge in [-0.2, -0.15) is 5.10 Å². The number of nitrogens with zero attached hydrogens (tertiary/aromatic N) is 1. The summed E-state index contributed by atoms with van der Waals surface area (Å²) in [6, 6.07) is 19.0. The first-order valence-electron chi connectivity index (χ1n) is 10.3. The molecule has 2 amide bonds. The van der Waals surface area contributed by atoms with E-state index in [0.29, 0.717) is 24.7 Å². The number of carbonyl (C=O) groups is 1. The van der Waals surface area contributed by atoms with E-state index in [9.17, 15) is 4.79 Å². The van der Waals surface area contributed by atoms with E-state index in [1.165, 1.54) is 5.56 Å². The highest BCUT2D eigenvalue weighted by molar-refractivity contribution is 9.10. The molecule has 7 heteroatoms. The number of para-hydroxylation sites is 1. The number of rotatable bonds is 8. The van der Waals surface area contributed by atoms with Gasteiger partial charge in [0.2, 0.25) is 0 Å². The largest absolute Gasteiger partial charge is 0.490 e. The van der Waals surface area contributed by atoms with E-state index in [1.807, 2.05) is 62.4 Å². The lowest BCUT2D eigenvalue weighted by atomic mass is 10.2. The first-order valence-corrected chi connectivity index (χ1v) is 11.1. The van der Waals surface area contributed by atoms with E-state index < -0.39 is 6.03 Å². The van der Waals surface area contributed by atoms with Crippen molar-refractivity contribution in [1.29, 1.82) is 0 Å². The number of nitrogens with one attached hydrogen (secondary N) is 2. The average Bonchev–Trinajstić information content (AvgIpc) is 2.76. The quantitative estimate of drug-likeness (QED) is 0.288. The minimum atomic E-state index is -0.419. The molecule has 0 aromatic heterocycles. The maximum absolute atomic E-state index is 12.1. The summed E-state index contributed by atoms with van der Waals surface area (Å²) in [6.45, 7) is 6.80. The molecule has 6 nitrogen and oxygen atoms in total. The first-order chi connectivity index (χ1) is 15.5. The van der Waals surface area contributed by atoms with Gasteiger partial charge in [0.25, 0.3) is 0 Å². The molecule has 0 bridgehead atoms. The molecule has 0 heterocycles. The van der Waals surface area contributed by atoms with Crippen LogP contribution in [0.4, 0.5) is 10.5 Å². The molecular formula is C25H26BrN3O3. The second-order valence-corrected chi connectivity index (χ2v) is 8.03. The van der Waals surface area contributed by atoms with Crippen LogP contribution in [-0.4, -0.2) is 18.9 Å². The molecule has 0 radical (unpaired) electrons. The van der Waals surface area contributed by atoms with Crippen LogP contribution in [0.2, 0.25) is 0 Å². The molecule has 3 aromatic carbocycles. The molecule has 166 valence electrons. The molecule has 0 unspecified atom stereocenters. The highest BCUT2D eigenvalue weighted by atomic mass is 79.9. The summed E-state index contributed by atoms with van der Waals surface area (Å²) >= 11 is 3.56. The maximum atomic E-state index is 12.1. The van der Waals surface area contributed by atoms with Crippen molar-refractivity contribution in [2.75, 3.05) is 11.9 Å². The van der Waals surface area contributed by atoms with Gasteiger partial charge in [0.1, 0.15) is 6.61 Å². The third-order valence-electron chi connectivity index (χ3n) is 4.61. The minimum absolute atomic E-state index is 0.419. The number of urea groups is 1. The Balaban J connectivity index is 1.67. The predicted octanol–water partition coefficient (Wildman–Crippen LogP) is 6.20. The Labute approximate surface area is 196 Å². The molecule has 0 spiro atoms. The molecule has 2 N–H and O–H groups in total. The van der Waals surface area contributed by atoms with Gasteiger partial charge in [0.05, 0.1) is 17.3 Å². The molecule has 0 aliphatic rings. The van der Waals surface area contributed by atoms with Gasteiger partial charge >= 0.3 is 6.03 Å². The van der Waals surface area contributed by atoms with Crippen molar-refractivity contribution in [3.63, 3.8) is 0 Å². The second kappa shape index (κ2) is 11.3. The lowest BCUT2D eigenvalue weighted by Gasteiger charge is -2.15. The van der Waals surface area contributed by atoms with Gasteiger partial charge in [-0.15, -0.1) is 0 Å². The van der Waals surface area contributed by atoms with Crippen LogP contribution in [0, 0.1) is 13.8 Å². The number of ether oxygens (including phenoxy) is 2. The van der Waals surface area contributed by atoms with Crippen molar-refractivity contribution in [2.24, 2.45) is 5.10 Å². The second-order valence-electron chi connectivity index (χ2n) is 7.18. The molecule has 3 rings (SSSR count). The van der Waals surface area contributed by atoms with Crippen molar-refractivity contribution in [2.45, 2.75) is 27.4 Å². The topological polar surface area (TPSA) is 72.0 Å². The van der Waals surface area contributed by atoms with Gasteiger partial charge in [0.15, 0.2) is 11.5 Å². The van der Waals surface area contributed by atoms with E-state index in [1.54, 1.807) is 6.21 Å². The fraction of sp³-hybridized carbons (Fsp3) is 0.200. The Morgan fingerprint density at radius 3 is 2.53 bits per heavy atom. The molecule has 0 saturated heterocycles. The average molecular weight is 496 g/mol. The van der Waals surface area contributed by atoms with Gasteiger partial charge in [-0.05, 0) is 71.6 Å². The number of carbonyl (C=O) groups excluding carboxylic acids is 1. The number of anilines is 1. The van der Waals surface area contributed by atoms with Gasteiger partial charge < -0.3 is 14.8 Å². The Bertz CT molecular complexity index is 1100. The number of halogens is 1. The van der Waals surface area contributed by atoms with E-state index >= 15 is 0 Å². The van der Waals surface area contributed by atoms with Crippen LogP contribution < -0.4 is 20.2 Å². The monoisotopic (exact) mass is 495 g/mol. The fourth-order valence-corrected chi connectivity index (χ4v) is 3.51. The lowest BCUT2D eigenvalue weighted by Crippen LogP contribution is -2.24. The van der Waals surface area contributed by atoms with E-state index in [-0.39, 0.29) is 0 Å². The van der Waals surface area contributed by atoms with Gasteiger partial charge in [0, 0.05) is 5.69 Å². The SMILES string of the molecule is CCOc1cc(C=NNC(=O)Nc2ccccc2C)cc(Br)c1OCc1ccc(C)cc1. The summed E-state index contributed by atoms with van der Waals surface area (Å²) in [5.74, 6) is 1.22. The molecule has 0 atom stereocenters. The van der Waals surface area contributed by atoms with Crippen LogP contribution in [0.3, 0.4) is 0 Å². The smallest absolute Gasteiger partial charge is 0.339 e. The molecule has 0 aliphatic carbocycles. The third kappa shape index (κ3) is 6.59. The van der Waals surface area contributed by atoms with Crippen LogP contribution >= 0.6 is 15.9 Å². The van der Waals surface area contributed by atoms with Crippen molar-refractivity contribution in [1.82, 2.24) is 5.43 Å². The molecular weight excluding hydrogens is 470 g/mol. The van der Waals surface area contributed by atoms with Gasteiger partial charge in [-0.3, -0.25) is 0 Å². The molecule has 0 aliphatic heterocycles. The highest BCUT2D eigenvalue weighted by Crippen LogP contribution is 2.37. The highest BCUT2D eigenvalue weighted by Gasteiger charge is 2.12. The standard InChI is InChI=1S/C25H26BrN3O3/c1-4-31-23-14-20(15-27-29-25(30)28-22-8-6-5-7-18(22)3)13-21(26)24(23)32-16-19-11-9-17(2)10-12-19/h5-15H,4,16H2,1-3H3,(H2,28,29,30). The Morgan fingerprint density at radius 2 is 1.81 bits per heavy atom. The third-order valence-corrected chi connectivity index (χ3v) is 5.20. The first kappa shape index (κ1) is 23.3. The van der Waals surface area contributed by atoms with Crippen LogP contribution in [-0.2, 0) is 6.61 Å². The molecule has 3 aromatic rings. The van der Waals surface area contributed by atoms with E-state index in [4.69, 9.17) is 9.47 Å². The summed E-state index contributed by atoms with van der Waals surface area (Å²) in [4.78, 5) is 12.1. The number of hydrogen-bond donors (Lipinski definition) is 2. The lowest BCUT2D eigenvalue weighted by molar-refractivity contribution is 0.252. The summed E-state index contributed by atoms with van der Waals surface area (Å²) in [5, 5.41) is 6.80. The van der Waals surface area contributed by atoms with Crippen LogP contribution in [0.5, 0.6) is 11.5 Å². The Kier molecular flexibility index (Phi) is 8.27. The normalized spacial score (nSPS) is 10.8. The molecule has 0 fully saturated rings. The number of hydrogen-bond acceptors (Lipinski definition) is 4. The predicted molar refractivity (Wildman–Crippen MR) is 132 cm³/mol. The van der Waals surface area contributed by atoms with Crippen molar-refractivity contribution < 1.29 is 14.3 Å². The van der Waals surface area contributed by atoms with Crippen molar-refractivity contribution in [3.8, 4) is 11.5 Å². The number of amides is 2. The Hall–Kier alpha value is -3.32. The zero-order valence-electron chi connectivity index (χ0n) is 18.3. The zero-order chi connectivity index (χ0) is 22.9. The van der Waals surface area contributed by atoms with E-state index in [2.05, 4.69) is 50.8 Å².